The molecule has 1 fully saturated rings. The summed E-state index contributed by atoms with van der Waals surface area (Å²) >= 11 is 7.12. The van der Waals surface area contributed by atoms with Gasteiger partial charge in [0.25, 0.3) is 5.91 Å². The zero-order chi connectivity index (χ0) is 13.1. The van der Waals surface area contributed by atoms with Crippen molar-refractivity contribution < 1.29 is 4.79 Å². The van der Waals surface area contributed by atoms with Crippen LogP contribution in [0.5, 0.6) is 0 Å². The van der Waals surface area contributed by atoms with Gasteiger partial charge in [-0.1, -0.05) is 38.3 Å². The third-order valence-corrected chi connectivity index (χ3v) is 5.61. The van der Waals surface area contributed by atoms with Crippen LogP contribution < -0.4 is 5.32 Å². The van der Waals surface area contributed by atoms with Crippen molar-refractivity contribution in [3.8, 4) is 0 Å². The quantitative estimate of drug-likeness (QED) is 0.794. The second kappa shape index (κ2) is 6.20. The number of carbonyl (C=O) groups excluding carboxylic acids is 1. The summed E-state index contributed by atoms with van der Waals surface area (Å²) in [6.07, 6.45) is 3.68. The van der Waals surface area contributed by atoms with Crippen LogP contribution in [-0.2, 0) is 0 Å². The number of alkyl halides is 1. The molecule has 18 heavy (non-hydrogen) atoms. The minimum Gasteiger partial charge on any atom is -0.352 e. The first-order chi connectivity index (χ1) is 8.58. The predicted molar refractivity (Wildman–Crippen MR) is 81.3 cm³/mol. The zero-order valence-electron chi connectivity index (χ0n) is 10.4. The Kier molecular flexibility index (Phi) is 4.84. The van der Waals surface area contributed by atoms with Crippen LogP contribution in [0.2, 0.25) is 0 Å². The van der Waals surface area contributed by atoms with Crippen molar-refractivity contribution in [2.24, 2.45) is 5.92 Å². The lowest BCUT2D eigenvalue weighted by Crippen LogP contribution is -2.31. The van der Waals surface area contributed by atoms with Crippen LogP contribution in [0.25, 0.3) is 0 Å². The van der Waals surface area contributed by atoms with Gasteiger partial charge in [-0.05, 0) is 49.4 Å². The predicted octanol–water partition coefficient (Wildman–Crippen LogP) is 4.05. The minimum atomic E-state index is 0.0252. The monoisotopic (exact) mass is 373 g/mol. The van der Waals surface area contributed by atoms with E-state index in [-0.39, 0.29) is 5.91 Å². The smallest absolute Gasteiger partial charge is 0.251 e. The van der Waals surface area contributed by atoms with Crippen LogP contribution in [0.4, 0.5) is 0 Å². The fourth-order valence-corrected chi connectivity index (χ4v) is 3.35. The summed E-state index contributed by atoms with van der Waals surface area (Å²) in [5.74, 6) is 0.600. The van der Waals surface area contributed by atoms with Gasteiger partial charge in [-0.2, -0.15) is 0 Å². The van der Waals surface area contributed by atoms with Gasteiger partial charge in [-0.25, -0.2) is 0 Å². The molecule has 2 unspecified atom stereocenters. The summed E-state index contributed by atoms with van der Waals surface area (Å²) in [5.41, 5.74) is 1.82. The van der Waals surface area contributed by atoms with E-state index in [1.165, 1.54) is 19.3 Å². The molecule has 1 aromatic carbocycles. The molecule has 0 bridgehead atoms. The number of rotatable bonds is 3. The average molecular weight is 375 g/mol. The molecular weight excluding hydrogens is 358 g/mol. The summed E-state index contributed by atoms with van der Waals surface area (Å²) < 4.78 is 1.04. The Bertz CT molecular complexity index is 447. The highest BCUT2D eigenvalue weighted by Crippen LogP contribution is 2.30. The van der Waals surface area contributed by atoms with Crippen LogP contribution >= 0.6 is 31.9 Å². The normalized spacial score (nSPS) is 23.1. The molecular formula is C14H17Br2NO. The fraction of sp³-hybridized carbons (Fsp3) is 0.500. The molecule has 4 heteroatoms. The van der Waals surface area contributed by atoms with Crippen LogP contribution in [0.1, 0.15) is 35.2 Å². The van der Waals surface area contributed by atoms with Gasteiger partial charge in [0.05, 0.1) is 0 Å². The van der Waals surface area contributed by atoms with Crippen molar-refractivity contribution in [3.63, 3.8) is 0 Å². The van der Waals surface area contributed by atoms with E-state index in [9.17, 15) is 4.79 Å². The highest BCUT2D eigenvalue weighted by molar-refractivity contribution is 9.10. The maximum atomic E-state index is 12.0. The number of hydrogen-bond donors (Lipinski definition) is 1. The number of carbonyl (C=O) groups is 1. The molecule has 0 aliphatic heterocycles. The molecule has 0 radical (unpaired) electrons. The largest absolute Gasteiger partial charge is 0.352 e. The second-order valence-corrected chi connectivity index (χ2v) is 6.91. The summed E-state index contributed by atoms with van der Waals surface area (Å²) in [5, 5.41) is 3.03. The van der Waals surface area contributed by atoms with Gasteiger partial charge < -0.3 is 5.32 Å². The Morgan fingerprint density at radius 3 is 2.83 bits per heavy atom. The third kappa shape index (κ3) is 3.35. The maximum absolute atomic E-state index is 12.0. The van der Waals surface area contributed by atoms with Crippen LogP contribution in [-0.4, -0.2) is 17.3 Å². The Morgan fingerprint density at radius 2 is 2.22 bits per heavy atom. The lowest BCUT2D eigenvalue weighted by molar-refractivity contribution is 0.0947. The second-order valence-electron chi connectivity index (χ2n) is 4.88. The van der Waals surface area contributed by atoms with Gasteiger partial charge in [-0.3, -0.25) is 4.79 Å². The molecule has 0 heterocycles. The van der Waals surface area contributed by atoms with E-state index in [1.54, 1.807) is 0 Å². The fourth-order valence-electron chi connectivity index (χ4n) is 2.33. The van der Waals surface area contributed by atoms with Gasteiger partial charge in [0.15, 0.2) is 0 Å². The average Bonchev–Trinajstić information content (AvgIpc) is 2.75. The highest BCUT2D eigenvalue weighted by atomic mass is 79.9. The SMILES string of the molecule is Cc1cc(C(=O)NCC2CCCC2Br)ccc1Br. The third-order valence-electron chi connectivity index (χ3n) is 3.51. The van der Waals surface area contributed by atoms with Crippen molar-refractivity contribution in [1.82, 2.24) is 5.32 Å². The van der Waals surface area contributed by atoms with Gasteiger partial charge in [0.1, 0.15) is 0 Å². The molecule has 1 aliphatic rings. The number of benzene rings is 1. The summed E-state index contributed by atoms with van der Waals surface area (Å²) in [6.45, 7) is 2.76. The molecule has 1 aromatic rings. The molecule has 2 rings (SSSR count). The molecule has 1 saturated carbocycles. The van der Waals surface area contributed by atoms with Crippen LogP contribution in [0.3, 0.4) is 0 Å². The van der Waals surface area contributed by atoms with E-state index in [4.69, 9.17) is 0 Å². The van der Waals surface area contributed by atoms with Crippen molar-refractivity contribution in [1.29, 1.82) is 0 Å². The summed E-state index contributed by atoms with van der Waals surface area (Å²) in [7, 11) is 0. The van der Waals surface area contributed by atoms with E-state index in [0.717, 1.165) is 22.1 Å². The van der Waals surface area contributed by atoms with E-state index in [1.807, 2.05) is 25.1 Å². The number of aryl methyl sites for hydroxylation is 1. The standard InChI is InChI=1S/C14H17Br2NO/c1-9-7-10(5-6-12(9)15)14(18)17-8-11-3-2-4-13(11)16/h5-7,11,13H,2-4,8H2,1H3,(H,17,18). The lowest BCUT2D eigenvalue weighted by atomic mass is 10.1. The number of hydrogen-bond acceptors (Lipinski definition) is 1. The molecule has 1 amide bonds. The summed E-state index contributed by atoms with van der Waals surface area (Å²) in [4.78, 5) is 12.6. The molecule has 0 spiro atoms. The lowest BCUT2D eigenvalue weighted by Gasteiger charge is -2.15. The number of nitrogens with one attached hydrogen (secondary N) is 1. The minimum absolute atomic E-state index is 0.0252. The topological polar surface area (TPSA) is 29.1 Å². The Balaban J connectivity index is 1.93. The van der Waals surface area contributed by atoms with Gasteiger partial charge in [0.2, 0.25) is 0 Å². The van der Waals surface area contributed by atoms with Gasteiger partial charge in [-0.15, -0.1) is 0 Å². The first-order valence-corrected chi connectivity index (χ1v) is 7.97. The van der Waals surface area contributed by atoms with Gasteiger partial charge >= 0.3 is 0 Å². The van der Waals surface area contributed by atoms with Crippen molar-refractivity contribution in [2.75, 3.05) is 6.54 Å². The molecule has 98 valence electrons. The first kappa shape index (κ1) is 14.1. The van der Waals surface area contributed by atoms with Crippen LogP contribution in [0, 0.1) is 12.8 Å². The zero-order valence-corrected chi connectivity index (χ0v) is 13.6. The summed E-state index contributed by atoms with van der Waals surface area (Å²) in [6, 6.07) is 5.69. The van der Waals surface area contributed by atoms with E-state index in [2.05, 4.69) is 37.2 Å². The Labute approximate surface area is 125 Å². The van der Waals surface area contributed by atoms with Gasteiger partial charge in [0, 0.05) is 21.4 Å². The van der Waals surface area contributed by atoms with E-state index in [0.29, 0.717) is 10.7 Å². The molecule has 2 nitrogen and oxygen atoms in total. The van der Waals surface area contributed by atoms with E-state index >= 15 is 0 Å². The first-order valence-electron chi connectivity index (χ1n) is 6.26. The van der Waals surface area contributed by atoms with Crippen LogP contribution in [0.15, 0.2) is 22.7 Å². The molecule has 1 aliphatic carbocycles. The Morgan fingerprint density at radius 1 is 1.44 bits per heavy atom. The number of amides is 1. The number of halogens is 2. The molecule has 2 atom stereocenters. The Hall–Kier alpha value is -0.350. The molecule has 1 N–H and O–H groups in total. The van der Waals surface area contributed by atoms with Crippen molar-refractivity contribution >= 4 is 37.8 Å². The van der Waals surface area contributed by atoms with Crippen molar-refractivity contribution in [3.05, 3.63) is 33.8 Å². The van der Waals surface area contributed by atoms with E-state index < -0.39 is 0 Å². The molecule has 0 aromatic heterocycles. The maximum Gasteiger partial charge on any atom is 0.251 e. The molecule has 0 saturated heterocycles. The van der Waals surface area contributed by atoms with Crippen molar-refractivity contribution in [2.45, 2.75) is 31.0 Å². The highest BCUT2D eigenvalue weighted by Gasteiger charge is 2.25.